The van der Waals surface area contributed by atoms with Gasteiger partial charge in [-0.15, -0.1) is 11.3 Å². The van der Waals surface area contributed by atoms with Crippen molar-refractivity contribution in [2.24, 2.45) is 0 Å². The molecule has 0 saturated heterocycles. The van der Waals surface area contributed by atoms with E-state index >= 15 is 0 Å². The molecule has 0 bridgehead atoms. The van der Waals surface area contributed by atoms with E-state index in [1.165, 1.54) is 11.3 Å². The van der Waals surface area contributed by atoms with Gasteiger partial charge in [0.2, 0.25) is 5.88 Å². The molecule has 0 aliphatic carbocycles. The van der Waals surface area contributed by atoms with Crippen LogP contribution in [0, 0.1) is 3.95 Å². The van der Waals surface area contributed by atoms with Gasteiger partial charge >= 0.3 is 5.97 Å². The molecule has 6 heteroatoms. The van der Waals surface area contributed by atoms with Crippen LogP contribution < -0.4 is 0 Å². The van der Waals surface area contributed by atoms with Crippen LogP contribution in [0.1, 0.15) is 31.1 Å². The molecule has 0 unspecified atom stereocenters. The number of allylic oxidation sites excluding steroid dienone is 1. The van der Waals surface area contributed by atoms with Gasteiger partial charge in [-0.2, -0.15) is 0 Å². The van der Waals surface area contributed by atoms with E-state index in [0.717, 1.165) is 11.3 Å². The zero-order valence-electron chi connectivity index (χ0n) is 9.55. The second-order valence-electron chi connectivity index (χ2n) is 3.52. The number of nitrogens with zero attached hydrogens (tertiary/aromatic N) is 1. The van der Waals surface area contributed by atoms with Crippen LogP contribution in [-0.4, -0.2) is 20.7 Å². The lowest BCUT2D eigenvalue weighted by Crippen LogP contribution is -2.01. The second kappa shape index (κ2) is 6.56. The van der Waals surface area contributed by atoms with Crippen molar-refractivity contribution in [2.75, 3.05) is 0 Å². The SMILES string of the molecule is CCC=Cc1sc(=S)n(CCCC(=O)O)c1O. The number of aliphatic carboxylic acids is 1. The number of rotatable bonds is 6. The Morgan fingerprint density at radius 3 is 2.88 bits per heavy atom. The predicted molar refractivity (Wildman–Crippen MR) is 71.0 cm³/mol. The van der Waals surface area contributed by atoms with E-state index in [1.807, 2.05) is 19.1 Å². The van der Waals surface area contributed by atoms with E-state index in [9.17, 15) is 9.90 Å². The maximum atomic E-state index is 10.4. The minimum absolute atomic E-state index is 0.0805. The molecule has 0 fully saturated rings. The zero-order chi connectivity index (χ0) is 12.8. The van der Waals surface area contributed by atoms with Crippen LogP contribution in [0.5, 0.6) is 5.88 Å². The van der Waals surface area contributed by atoms with Gasteiger partial charge in [0, 0.05) is 13.0 Å². The number of carbonyl (C=O) groups is 1. The summed E-state index contributed by atoms with van der Waals surface area (Å²) in [5.74, 6) is -0.701. The monoisotopic (exact) mass is 273 g/mol. The summed E-state index contributed by atoms with van der Waals surface area (Å²) in [5.41, 5.74) is 0. The van der Waals surface area contributed by atoms with Gasteiger partial charge in [-0.1, -0.05) is 13.0 Å². The number of aromatic nitrogens is 1. The number of hydrogen-bond acceptors (Lipinski definition) is 4. The molecule has 1 heterocycles. The molecule has 0 aliphatic rings. The molecule has 4 nitrogen and oxygen atoms in total. The predicted octanol–water partition coefficient (Wildman–Crippen LogP) is 3.27. The van der Waals surface area contributed by atoms with Crippen LogP contribution in [0.15, 0.2) is 6.08 Å². The van der Waals surface area contributed by atoms with Crippen LogP contribution >= 0.6 is 23.6 Å². The summed E-state index contributed by atoms with van der Waals surface area (Å²) < 4.78 is 2.15. The van der Waals surface area contributed by atoms with Crippen molar-refractivity contribution >= 4 is 35.6 Å². The molecular formula is C11H15NO3S2. The van der Waals surface area contributed by atoms with Gasteiger partial charge in [0.05, 0.1) is 4.88 Å². The topological polar surface area (TPSA) is 62.5 Å². The van der Waals surface area contributed by atoms with Gasteiger partial charge in [0.15, 0.2) is 3.95 Å². The Hall–Kier alpha value is -1.14. The quantitative estimate of drug-likeness (QED) is 0.781. The second-order valence-corrected chi connectivity index (χ2v) is 5.19. The van der Waals surface area contributed by atoms with Crippen LogP contribution in [0.25, 0.3) is 6.08 Å². The first-order valence-electron chi connectivity index (χ1n) is 5.37. The van der Waals surface area contributed by atoms with Crippen LogP contribution in [0.3, 0.4) is 0 Å². The van der Waals surface area contributed by atoms with E-state index in [4.69, 9.17) is 17.3 Å². The van der Waals surface area contributed by atoms with Crippen molar-refractivity contribution in [1.82, 2.24) is 4.57 Å². The maximum Gasteiger partial charge on any atom is 0.303 e. The van der Waals surface area contributed by atoms with Gasteiger partial charge in [-0.05, 0) is 31.1 Å². The first-order valence-corrected chi connectivity index (χ1v) is 6.59. The molecule has 0 spiro atoms. The molecule has 0 saturated carbocycles. The highest BCUT2D eigenvalue weighted by atomic mass is 32.1. The Kier molecular flexibility index (Phi) is 5.37. The molecule has 0 radical (unpaired) electrons. The Bertz CT molecular complexity index is 474. The summed E-state index contributed by atoms with van der Waals surface area (Å²) in [5, 5.41) is 18.5. The fourth-order valence-corrected chi connectivity index (χ4v) is 2.62. The van der Waals surface area contributed by atoms with Crippen molar-refractivity contribution in [3.05, 3.63) is 14.9 Å². The summed E-state index contributed by atoms with van der Waals surface area (Å²) in [6.45, 7) is 2.45. The van der Waals surface area contributed by atoms with E-state index in [0.29, 0.717) is 16.9 Å². The van der Waals surface area contributed by atoms with Gasteiger partial charge < -0.3 is 10.2 Å². The first-order chi connectivity index (χ1) is 8.06. The fourth-order valence-electron chi connectivity index (χ4n) is 1.33. The number of aromatic hydroxyl groups is 1. The van der Waals surface area contributed by atoms with Crippen LogP contribution in [-0.2, 0) is 11.3 Å². The van der Waals surface area contributed by atoms with Crippen molar-refractivity contribution in [3.8, 4) is 5.88 Å². The highest BCUT2D eigenvalue weighted by Crippen LogP contribution is 2.27. The fraction of sp³-hybridized carbons (Fsp3) is 0.455. The lowest BCUT2D eigenvalue weighted by Gasteiger charge is -2.02. The molecule has 0 amide bonds. The number of hydrogen-bond donors (Lipinski definition) is 2. The molecule has 0 atom stereocenters. The Labute approximate surface area is 109 Å². The summed E-state index contributed by atoms with van der Waals surface area (Å²) in [6, 6.07) is 0. The molecule has 0 aromatic carbocycles. The molecule has 2 N–H and O–H groups in total. The molecule has 94 valence electrons. The molecule has 0 aliphatic heterocycles. The number of carboxylic acids is 1. The normalized spacial score (nSPS) is 11.1. The van der Waals surface area contributed by atoms with Gasteiger partial charge in [0.1, 0.15) is 0 Å². The number of carboxylic acid groups (broad SMARTS) is 1. The average Bonchev–Trinajstić information content (AvgIpc) is 2.53. The third kappa shape index (κ3) is 3.98. The van der Waals surface area contributed by atoms with E-state index in [2.05, 4.69) is 0 Å². The van der Waals surface area contributed by atoms with Crippen molar-refractivity contribution < 1.29 is 15.0 Å². The minimum Gasteiger partial charge on any atom is -0.493 e. The van der Waals surface area contributed by atoms with Crippen molar-refractivity contribution in [2.45, 2.75) is 32.7 Å². The number of thiazole rings is 1. The lowest BCUT2D eigenvalue weighted by atomic mass is 10.3. The molecular weight excluding hydrogens is 258 g/mol. The Balaban J connectivity index is 2.79. The van der Waals surface area contributed by atoms with E-state index in [1.54, 1.807) is 4.57 Å². The van der Waals surface area contributed by atoms with Gasteiger partial charge in [0.25, 0.3) is 0 Å². The minimum atomic E-state index is -0.836. The zero-order valence-corrected chi connectivity index (χ0v) is 11.2. The van der Waals surface area contributed by atoms with Crippen molar-refractivity contribution in [3.63, 3.8) is 0 Å². The average molecular weight is 273 g/mol. The molecule has 1 aromatic rings. The molecule has 1 rings (SSSR count). The standard InChI is InChI=1S/C11H15NO3S2/c1-2-3-5-8-10(15)12(11(16)17-8)7-4-6-9(13)14/h3,5,15H,2,4,6-7H2,1H3,(H,13,14). The largest absolute Gasteiger partial charge is 0.493 e. The summed E-state index contributed by atoms with van der Waals surface area (Å²) >= 11 is 6.46. The van der Waals surface area contributed by atoms with Crippen molar-refractivity contribution in [1.29, 1.82) is 0 Å². The summed E-state index contributed by atoms with van der Waals surface area (Å²) in [7, 11) is 0. The van der Waals surface area contributed by atoms with Gasteiger partial charge in [-0.25, -0.2) is 0 Å². The first kappa shape index (κ1) is 13.9. The van der Waals surface area contributed by atoms with E-state index in [-0.39, 0.29) is 12.3 Å². The summed E-state index contributed by atoms with van der Waals surface area (Å²) in [4.78, 5) is 11.1. The third-order valence-corrected chi connectivity index (χ3v) is 3.57. The lowest BCUT2D eigenvalue weighted by molar-refractivity contribution is -0.137. The Morgan fingerprint density at radius 2 is 2.29 bits per heavy atom. The summed E-state index contributed by atoms with van der Waals surface area (Å²) in [6.07, 6.45) is 5.22. The molecule has 17 heavy (non-hydrogen) atoms. The highest BCUT2D eigenvalue weighted by molar-refractivity contribution is 7.73. The van der Waals surface area contributed by atoms with Gasteiger partial charge in [-0.3, -0.25) is 9.36 Å². The van der Waals surface area contributed by atoms with E-state index < -0.39 is 5.97 Å². The highest BCUT2D eigenvalue weighted by Gasteiger charge is 2.09. The third-order valence-electron chi connectivity index (χ3n) is 2.17. The van der Waals surface area contributed by atoms with Crippen LogP contribution in [0.2, 0.25) is 0 Å². The molecule has 1 aromatic heterocycles. The maximum absolute atomic E-state index is 10.4. The Morgan fingerprint density at radius 1 is 1.59 bits per heavy atom. The smallest absolute Gasteiger partial charge is 0.303 e. The van der Waals surface area contributed by atoms with Crippen LogP contribution in [0.4, 0.5) is 0 Å².